The van der Waals surface area contributed by atoms with Crippen molar-refractivity contribution in [1.29, 1.82) is 0 Å². The van der Waals surface area contributed by atoms with Gasteiger partial charge in [-0.2, -0.15) is 0 Å². The lowest BCUT2D eigenvalue weighted by Gasteiger charge is -1.99. The van der Waals surface area contributed by atoms with Crippen molar-refractivity contribution in [2.45, 2.75) is 0 Å². The molecule has 0 aliphatic carbocycles. The average Bonchev–Trinajstić information content (AvgIpc) is 1.97. The minimum atomic E-state index is 0. The number of hydrogen-bond donors (Lipinski definition) is 0. The van der Waals surface area contributed by atoms with Gasteiger partial charge in [0.15, 0.2) is 6.29 Å². The van der Waals surface area contributed by atoms with Crippen molar-refractivity contribution in [2.75, 3.05) is 0 Å². The van der Waals surface area contributed by atoms with Crippen LogP contribution >= 0.6 is 80.2 Å². The Labute approximate surface area is 118 Å². The maximum absolute atomic E-state index is 10.5. The summed E-state index contributed by atoms with van der Waals surface area (Å²) < 4.78 is 3.34. The van der Waals surface area contributed by atoms with Gasteiger partial charge in [-0.15, -0.1) is 12.4 Å². The predicted octanol–water partition coefficient (Wildman–Crippen LogP) is 3.73. The molecular formula is C7H4ClI3O. The third-order valence-electron chi connectivity index (χ3n) is 1.17. The van der Waals surface area contributed by atoms with E-state index in [-0.39, 0.29) is 12.4 Å². The molecule has 0 radical (unpaired) electrons. The molecule has 66 valence electrons. The van der Waals surface area contributed by atoms with Gasteiger partial charge in [-0.3, -0.25) is 4.79 Å². The van der Waals surface area contributed by atoms with Gasteiger partial charge < -0.3 is 0 Å². The molecule has 0 saturated carbocycles. The first kappa shape index (κ1) is 13.4. The van der Waals surface area contributed by atoms with Crippen LogP contribution in [0.4, 0.5) is 0 Å². The summed E-state index contributed by atoms with van der Waals surface area (Å²) in [7, 11) is 0. The van der Waals surface area contributed by atoms with Crippen molar-refractivity contribution in [1.82, 2.24) is 0 Å². The van der Waals surface area contributed by atoms with Crippen LogP contribution < -0.4 is 0 Å². The highest BCUT2D eigenvalue weighted by Crippen LogP contribution is 2.20. The summed E-state index contributed by atoms with van der Waals surface area (Å²) in [6.07, 6.45) is 0.889. The van der Waals surface area contributed by atoms with E-state index in [9.17, 15) is 4.79 Å². The average molecular weight is 520 g/mol. The van der Waals surface area contributed by atoms with Gasteiger partial charge in [0.25, 0.3) is 0 Å². The Balaban J connectivity index is 0.00000121. The van der Waals surface area contributed by atoms with Crippen LogP contribution in [-0.2, 0) is 0 Å². The van der Waals surface area contributed by atoms with Gasteiger partial charge in [-0.25, -0.2) is 0 Å². The molecule has 12 heavy (non-hydrogen) atoms. The van der Waals surface area contributed by atoms with Crippen LogP contribution in [0.25, 0.3) is 0 Å². The van der Waals surface area contributed by atoms with E-state index in [0.717, 1.165) is 19.0 Å². The summed E-state index contributed by atoms with van der Waals surface area (Å²) in [5, 5.41) is 0. The smallest absolute Gasteiger partial charge is 0.151 e. The van der Waals surface area contributed by atoms with Gasteiger partial charge in [0, 0.05) is 16.3 Å². The summed E-state index contributed by atoms with van der Waals surface area (Å²) in [6.45, 7) is 0. The molecule has 0 saturated heterocycles. The van der Waals surface area contributed by atoms with Crippen molar-refractivity contribution in [3.8, 4) is 0 Å². The van der Waals surface area contributed by atoms with Crippen LogP contribution in [0.5, 0.6) is 0 Å². The zero-order chi connectivity index (χ0) is 8.43. The minimum absolute atomic E-state index is 0. The van der Waals surface area contributed by atoms with Gasteiger partial charge in [-0.05, 0) is 79.9 Å². The summed E-state index contributed by atoms with van der Waals surface area (Å²) in [4.78, 5) is 10.5. The molecule has 1 aromatic rings. The van der Waals surface area contributed by atoms with E-state index in [0.29, 0.717) is 0 Å². The second-order valence-corrected chi connectivity index (χ2v) is 5.39. The van der Waals surface area contributed by atoms with E-state index in [2.05, 4.69) is 67.8 Å². The number of carbonyl (C=O) groups excluding carboxylic acids is 1. The molecule has 0 spiro atoms. The highest BCUT2D eigenvalue weighted by molar-refractivity contribution is 14.1. The van der Waals surface area contributed by atoms with Crippen LogP contribution in [0.2, 0.25) is 0 Å². The monoisotopic (exact) mass is 520 g/mol. The zero-order valence-corrected chi connectivity index (χ0v) is 13.0. The summed E-state index contributed by atoms with van der Waals surface area (Å²) in [5.41, 5.74) is 0.774. The van der Waals surface area contributed by atoms with Crippen LogP contribution in [0.15, 0.2) is 12.1 Å². The number of benzene rings is 1. The fourth-order valence-electron chi connectivity index (χ4n) is 0.628. The van der Waals surface area contributed by atoms with Crippen LogP contribution in [0.3, 0.4) is 0 Å². The standard InChI is InChI=1S/C7H3I3O.ClH/c8-5-2-7(10)6(9)1-4(5)3-11;/h1-3H;1H. The van der Waals surface area contributed by atoms with E-state index in [4.69, 9.17) is 0 Å². The van der Waals surface area contributed by atoms with Crippen LogP contribution in [-0.4, -0.2) is 6.29 Å². The molecule has 0 heterocycles. The fourth-order valence-corrected chi connectivity index (χ4v) is 2.78. The number of rotatable bonds is 1. The van der Waals surface area contributed by atoms with E-state index < -0.39 is 0 Å². The van der Waals surface area contributed by atoms with Crippen molar-refractivity contribution < 1.29 is 4.79 Å². The van der Waals surface area contributed by atoms with Gasteiger partial charge >= 0.3 is 0 Å². The Morgan fingerprint density at radius 3 is 2.00 bits per heavy atom. The Morgan fingerprint density at radius 1 is 1.00 bits per heavy atom. The zero-order valence-electron chi connectivity index (χ0n) is 5.68. The molecule has 0 aliphatic heterocycles. The topological polar surface area (TPSA) is 17.1 Å². The number of halogens is 4. The Bertz CT molecular complexity index is 301. The predicted molar refractivity (Wildman–Crippen MR) is 77.2 cm³/mol. The van der Waals surface area contributed by atoms with Crippen molar-refractivity contribution in [3.63, 3.8) is 0 Å². The molecule has 0 aliphatic rings. The second kappa shape index (κ2) is 5.97. The lowest BCUT2D eigenvalue weighted by Crippen LogP contribution is -1.89. The van der Waals surface area contributed by atoms with E-state index in [1.54, 1.807) is 0 Å². The fraction of sp³-hybridized carbons (Fsp3) is 0. The highest BCUT2D eigenvalue weighted by Gasteiger charge is 2.02. The summed E-state index contributed by atoms with van der Waals surface area (Å²) in [5.74, 6) is 0. The molecule has 0 atom stereocenters. The maximum atomic E-state index is 10.5. The minimum Gasteiger partial charge on any atom is -0.298 e. The number of aldehydes is 1. The lowest BCUT2D eigenvalue weighted by molar-refractivity contribution is 0.112. The third kappa shape index (κ3) is 3.26. The second-order valence-electron chi connectivity index (χ2n) is 1.91. The van der Waals surface area contributed by atoms with Gasteiger partial charge in [-0.1, -0.05) is 0 Å². The van der Waals surface area contributed by atoms with Crippen molar-refractivity contribution >= 4 is 86.5 Å². The van der Waals surface area contributed by atoms with E-state index in [1.807, 2.05) is 12.1 Å². The Hall–Kier alpha value is 1.37. The van der Waals surface area contributed by atoms with E-state index >= 15 is 0 Å². The number of hydrogen-bond acceptors (Lipinski definition) is 1. The molecule has 0 amide bonds. The van der Waals surface area contributed by atoms with E-state index in [1.165, 1.54) is 3.57 Å². The quantitative estimate of drug-likeness (QED) is 0.314. The maximum Gasteiger partial charge on any atom is 0.151 e. The van der Waals surface area contributed by atoms with Crippen molar-refractivity contribution in [2.24, 2.45) is 0 Å². The summed E-state index contributed by atoms with van der Waals surface area (Å²) >= 11 is 6.64. The number of carbonyl (C=O) groups is 1. The Morgan fingerprint density at radius 2 is 1.50 bits per heavy atom. The first-order valence-corrected chi connectivity index (χ1v) is 5.98. The molecule has 0 bridgehead atoms. The van der Waals surface area contributed by atoms with Crippen LogP contribution in [0.1, 0.15) is 10.4 Å². The molecule has 1 rings (SSSR count). The molecule has 1 nitrogen and oxygen atoms in total. The first-order valence-electron chi connectivity index (χ1n) is 2.75. The SMILES string of the molecule is Cl.O=Cc1cc(I)c(I)cc1I. The van der Waals surface area contributed by atoms with Gasteiger partial charge in [0.2, 0.25) is 0 Å². The Kier molecular flexibility index (Phi) is 6.65. The first-order chi connectivity index (χ1) is 5.15. The highest BCUT2D eigenvalue weighted by atomic mass is 127. The molecule has 0 aromatic heterocycles. The third-order valence-corrected chi connectivity index (χ3v) is 4.92. The van der Waals surface area contributed by atoms with Crippen LogP contribution in [0, 0.1) is 10.7 Å². The van der Waals surface area contributed by atoms with Crippen molar-refractivity contribution in [3.05, 3.63) is 28.4 Å². The molecule has 0 unspecified atom stereocenters. The molecule has 5 heteroatoms. The van der Waals surface area contributed by atoms with Gasteiger partial charge in [0.1, 0.15) is 0 Å². The molecular weight excluding hydrogens is 516 g/mol. The lowest BCUT2D eigenvalue weighted by atomic mass is 10.2. The molecule has 0 N–H and O–H groups in total. The molecule has 1 aromatic carbocycles. The summed E-state index contributed by atoms with van der Waals surface area (Å²) in [6, 6.07) is 3.91. The molecule has 0 fully saturated rings. The van der Waals surface area contributed by atoms with Gasteiger partial charge in [0.05, 0.1) is 0 Å². The normalized spacial score (nSPS) is 8.92. The largest absolute Gasteiger partial charge is 0.298 e.